The zero-order valence-electron chi connectivity index (χ0n) is 5.22. The van der Waals surface area contributed by atoms with E-state index >= 15 is 0 Å². The highest BCUT2D eigenvalue weighted by Gasteiger charge is 1.83. The van der Waals surface area contributed by atoms with Crippen molar-refractivity contribution < 1.29 is 0 Å². The topological polar surface area (TPSA) is 27.0 Å². The van der Waals surface area contributed by atoms with Gasteiger partial charge in [0.25, 0.3) is 0 Å². The van der Waals surface area contributed by atoms with Crippen LogP contribution < -0.4 is 0 Å². The Morgan fingerprint density at radius 2 is 2.00 bits per heavy atom. The Morgan fingerprint density at radius 1 is 1.50 bits per heavy atom. The summed E-state index contributed by atoms with van der Waals surface area (Å²) in [5.74, 6) is 0. The van der Waals surface area contributed by atoms with Gasteiger partial charge in [-0.2, -0.15) is 5.26 Å². The van der Waals surface area contributed by atoms with E-state index in [0.717, 1.165) is 6.54 Å². The Labute approximate surface area is 56.5 Å². The molecule has 0 aliphatic rings. The van der Waals surface area contributed by atoms with E-state index in [0.29, 0.717) is 6.42 Å². The van der Waals surface area contributed by atoms with Crippen LogP contribution in [0.15, 0.2) is 0 Å². The molecule has 0 aromatic rings. The Kier molecular flexibility index (Phi) is 8.99. The van der Waals surface area contributed by atoms with Crippen LogP contribution in [-0.2, 0) is 0 Å². The van der Waals surface area contributed by atoms with Gasteiger partial charge < -0.3 is 4.90 Å². The third kappa shape index (κ3) is 9.22. The predicted octanol–water partition coefficient (Wildman–Crippen LogP) is 0.883. The second-order valence-corrected chi connectivity index (χ2v) is 1.71. The van der Waals surface area contributed by atoms with E-state index in [9.17, 15) is 0 Å². The first-order valence-electron chi connectivity index (χ1n) is 2.29. The molecule has 0 aromatic carbocycles. The summed E-state index contributed by atoms with van der Waals surface area (Å²) in [6.07, 6.45) is 0.632. The summed E-state index contributed by atoms with van der Waals surface area (Å²) in [6.45, 7) is 0.872. The Morgan fingerprint density at radius 3 is 2.12 bits per heavy atom. The van der Waals surface area contributed by atoms with E-state index in [1.165, 1.54) is 0 Å². The molecule has 3 heteroatoms. The van der Waals surface area contributed by atoms with Gasteiger partial charge in [0.2, 0.25) is 0 Å². The van der Waals surface area contributed by atoms with Crippen LogP contribution in [0.4, 0.5) is 0 Å². The van der Waals surface area contributed by atoms with Crippen molar-refractivity contribution in [1.82, 2.24) is 4.90 Å². The standard InChI is InChI=1S/C5H10N2.ClH/c1-7(2)5-3-4-6;/h3,5H2,1-2H3;1H. The molecule has 0 saturated carbocycles. The summed E-state index contributed by atoms with van der Waals surface area (Å²) in [7, 11) is 3.91. The first-order chi connectivity index (χ1) is 3.27. The molecule has 0 aliphatic heterocycles. The van der Waals surface area contributed by atoms with Crippen LogP contribution >= 0.6 is 12.4 Å². The molecule has 0 radical (unpaired) electrons. The molecule has 0 N–H and O–H groups in total. The highest BCUT2D eigenvalue weighted by atomic mass is 35.5. The number of hydrogen-bond donors (Lipinski definition) is 0. The van der Waals surface area contributed by atoms with Crippen LogP contribution in [0.5, 0.6) is 0 Å². The van der Waals surface area contributed by atoms with Gasteiger partial charge in [-0.05, 0) is 14.1 Å². The van der Waals surface area contributed by atoms with E-state index in [2.05, 4.69) is 6.07 Å². The minimum absolute atomic E-state index is 0. The molecule has 0 aromatic heterocycles. The summed E-state index contributed by atoms with van der Waals surface area (Å²) >= 11 is 0. The molecular formula is C5H11ClN2. The number of rotatable bonds is 2. The molecule has 0 aliphatic carbocycles. The lowest BCUT2D eigenvalue weighted by Crippen LogP contribution is -2.11. The fourth-order valence-corrected chi connectivity index (χ4v) is 0.274. The molecular weight excluding hydrogens is 124 g/mol. The van der Waals surface area contributed by atoms with Crippen molar-refractivity contribution in [3.05, 3.63) is 0 Å². The highest BCUT2D eigenvalue weighted by Crippen LogP contribution is 1.76. The summed E-state index contributed by atoms with van der Waals surface area (Å²) in [6, 6.07) is 2.06. The van der Waals surface area contributed by atoms with Gasteiger partial charge >= 0.3 is 0 Å². The summed E-state index contributed by atoms with van der Waals surface area (Å²) in [5, 5.41) is 8.04. The van der Waals surface area contributed by atoms with Crippen LogP contribution in [-0.4, -0.2) is 25.5 Å². The van der Waals surface area contributed by atoms with Gasteiger partial charge in [-0.1, -0.05) is 0 Å². The van der Waals surface area contributed by atoms with Crippen molar-refractivity contribution in [1.29, 1.82) is 5.26 Å². The Bertz CT molecular complexity index is 75.0. The number of nitrogens with zero attached hydrogens (tertiary/aromatic N) is 2. The van der Waals surface area contributed by atoms with Crippen molar-refractivity contribution in [3.63, 3.8) is 0 Å². The lowest BCUT2D eigenvalue weighted by atomic mass is 10.4. The summed E-state index contributed by atoms with van der Waals surface area (Å²) in [4.78, 5) is 1.99. The first kappa shape index (κ1) is 10.7. The minimum atomic E-state index is 0. The predicted molar refractivity (Wildman–Crippen MR) is 36.0 cm³/mol. The normalized spacial score (nSPS) is 7.75. The summed E-state index contributed by atoms with van der Waals surface area (Å²) < 4.78 is 0. The fourth-order valence-electron chi connectivity index (χ4n) is 0.274. The van der Waals surface area contributed by atoms with E-state index < -0.39 is 0 Å². The number of halogens is 1. The van der Waals surface area contributed by atoms with Gasteiger partial charge in [-0.25, -0.2) is 0 Å². The van der Waals surface area contributed by atoms with Crippen LogP contribution in [0.2, 0.25) is 0 Å². The zero-order valence-corrected chi connectivity index (χ0v) is 6.03. The van der Waals surface area contributed by atoms with Crippen LogP contribution in [0.1, 0.15) is 6.42 Å². The van der Waals surface area contributed by atoms with Gasteiger partial charge in [0.15, 0.2) is 0 Å². The quantitative estimate of drug-likeness (QED) is 0.561. The van der Waals surface area contributed by atoms with Gasteiger partial charge in [0.05, 0.1) is 6.07 Å². The van der Waals surface area contributed by atoms with Crippen LogP contribution in [0.25, 0.3) is 0 Å². The molecule has 0 fully saturated rings. The van der Waals surface area contributed by atoms with Gasteiger partial charge in [-0.15, -0.1) is 12.4 Å². The van der Waals surface area contributed by atoms with Crippen LogP contribution in [0.3, 0.4) is 0 Å². The van der Waals surface area contributed by atoms with Crippen molar-refractivity contribution in [2.75, 3.05) is 20.6 Å². The average Bonchev–Trinajstić information content (AvgIpc) is 1.61. The maximum atomic E-state index is 8.04. The molecule has 8 heavy (non-hydrogen) atoms. The Hall–Kier alpha value is -0.260. The van der Waals surface area contributed by atoms with Gasteiger partial charge in [0, 0.05) is 13.0 Å². The largest absolute Gasteiger partial charge is 0.308 e. The van der Waals surface area contributed by atoms with Crippen molar-refractivity contribution in [3.8, 4) is 6.07 Å². The second-order valence-electron chi connectivity index (χ2n) is 1.71. The molecule has 0 unspecified atom stereocenters. The molecule has 2 nitrogen and oxygen atoms in total. The number of nitriles is 1. The van der Waals surface area contributed by atoms with E-state index in [-0.39, 0.29) is 12.4 Å². The van der Waals surface area contributed by atoms with E-state index in [4.69, 9.17) is 5.26 Å². The molecule has 0 saturated heterocycles. The third-order valence-corrected chi connectivity index (χ3v) is 0.671. The van der Waals surface area contributed by atoms with E-state index in [1.54, 1.807) is 0 Å². The lowest BCUT2D eigenvalue weighted by molar-refractivity contribution is 0.419. The summed E-state index contributed by atoms with van der Waals surface area (Å²) in [5.41, 5.74) is 0. The highest BCUT2D eigenvalue weighted by molar-refractivity contribution is 5.85. The average molecular weight is 135 g/mol. The maximum Gasteiger partial charge on any atom is 0.0635 e. The monoisotopic (exact) mass is 134 g/mol. The lowest BCUT2D eigenvalue weighted by Gasteiger charge is -2.02. The number of hydrogen-bond acceptors (Lipinski definition) is 2. The SMILES string of the molecule is CN(C)CCC#N.Cl. The van der Waals surface area contributed by atoms with Crippen molar-refractivity contribution >= 4 is 12.4 Å². The van der Waals surface area contributed by atoms with Gasteiger partial charge in [0.1, 0.15) is 0 Å². The van der Waals surface area contributed by atoms with Crippen molar-refractivity contribution in [2.24, 2.45) is 0 Å². The smallest absolute Gasteiger partial charge is 0.0635 e. The van der Waals surface area contributed by atoms with Crippen molar-refractivity contribution in [2.45, 2.75) is 6.42 Å². The molecule has 0 bridgehead atoms. The maximum absolute atomic E-state index is 8.04. The van der Waals surface area contributed by atoms with Crippen LogP contribution in [0, 0.1) is 11.3 Å². The van der Waals surface area contributed by atoms with Gasteiger partial charge in [-0.3, -0.25) is 0 Å². The molecule has 0 spiro atoms. The minimum Gasteiger partial charge on any atom is -0.308 e. The second kappa shape index (κ2) is 6.74. The molecule has 0 amide bonds. The first-order valence-corrected chi connectivity index (χ1v) is 2.29. The zero-order chi connectivity index (χ0) is 5.70. The fraction of sp³-hybridized carbons (Fsp3) is 0.800. The third-order valence-electron chi connectivity index (χ3n) is 0.671. The molecule has 0 heterocycles. The van der Waals surface area contributed by atoms with E-state index in [1.807, 2.05) is 19.0 Å². The molecule has 48 valence electrons. The molecule has 0 rings (SSSR count). The molecule has 0 atom stereocenters. The Balaban J connectivity index is 0.